The van der Waals surface area contributed by atoms with Crippen molar-refractivity contribution in [1.29, 1.82) is 0 Å². The van der Waals surface area contributed by atoms with Crippen LogP contribution in [0.1, 0.15) is 0 Å². The smallest absolute Gasteiger partial charge is 0.318 e. The van der Waals surface area contributed by atoms with Gasteiger partial charge in [-0.25, -0.2) is 9.59 Å². The second kappa shape index (κ2) is 8.90. The molecular formula is C8H16N6O4. The van der Waals surface area contributed by atoms with Crippen LogP contribution in [0.5, 0.6) is 0 Å². The third kappa shape index (κ3) is 10.3. The zero-order valence-electron chi connectivity index (χ0n) is 9.62. The highest BCUT2D eigenvalue weighted by Gasteiger charge is 2.04. The third-order valence-corrected chi connectivity index (χ3v) is 1.57. The predicted octanol–water partition coefficient (Wildman–Crippen LogP) is -3.44. The Bertz CT molecular complexity index is 300. The molecule has 10 nitrogen and oxygen atoms in total. The fourth-order valence-electron chi connectivity index (χ4n) is 0.944. The van der Waals surface area contributed by atoms with Crippen molar-refractivity contribution in [2.75, 3.05) is 26.2 Å². The molecule has 0 fully saturated rings. The third-order valence-electron chi connectivity index (χ3n) is 1.57. The standard InChI is InChI=1S/C8H16N6O4/c9-7(17)13-5(15)3-11-1-2-12-4-6(16)14-8(10)18/h11-12H,1-4H2,(H3,9,13,15,17)(H3,10,14,16,18). The van der Waals surface area contributed by atoms with Gasteiger partial charge in [0.05, 0.1) is 13.1 Å². The van der Waals surface area contributed by atoms with E-state index >= 15 is 0 Å². The minimum Gasteiger partial charge on any atom is -0.351 e. The van der Waals surface area contributed by atoms with Crippen LogP contribution in [0.15, 0.2) is 0 Å². The second-order valence-corrected chi connectivity index (χ2v) is 3.18. The summed E-state index contributed by atoms with van der Waals surface area (Å²) in [6.07, 6.45) is 0. The Kier molecular flexibility index (Phi) is 7.81. The predicted molar refractivity (Wildman–Crippen MR) is 61.2 cm³/mol. The van der Waals surface area contributed by atoms with Crippen LogP contribution >= 0.6 is 0 Å². The maximum Gasteiger partial charge on any atom is 0.318 e. The van der Waals surface area contributed by atoms with Crippen LogP contribution in [-0.2, 0) is 9.59 Å². The molecule has 0 unspecified atom stereocenters. The number of hydrogen-bond acceptors (Lipinski definition) is 6. The van der Waals surface area contributed by atoms with Crippen LogP contribution in [0.4, 0.5) is 9.59 Å². The number of nitrogens with two attached hydrogens (primary N) is 2. The molecule has 0 aliphatic heterocycles. The van der Waals surface area contributed by atoms with Gasteiger partial charge in [0.15, 0.2) is 0 Å². The Balaban J connectivity index is 3.41. The highest BCUT2D eigenvalue weighted by Crippen LogP contribution is 1.67. The van der Waals surface area contributed by atoms with E-state index in [1.807, 2.05) is 10.6 Å². The van der Waals surface area contributed by atoms with E-state index in [4.69, 9.17) is 11.5 Å². The molecule has 0 heterocycles. The van der Waals surface area contributed by atoms with Crippen molar-refractivity contribution in [2.45, 2.75) is 0 Å². The highest BCUT2D eigenvalue weighted by atomic mass is 16.2. The molecule has 10 heteroatoms. The summed E-state index contributed by atoms with van der Waals surface area (Å²) in [6.45, 7) is 0.627. The molecule has 0 aliphatic rings. The van der Waals surface area contributed by atoms with Gasteiger partial charge < -0.3 is 22.1 Å². The number of amides is 6. The summed E-state index contributed by atoms with van der Waals surface area (Å²) in [4.78, 5) is 42.4. The van der Waals surface area contributed by atoms with Crippen molar-refractivity contribution in [3.8, 4) is 0 Å². The average Bonchev–Trinajstić information content (AvgIpc) is 2.20. The molecule has 18 heavy (non-hydrogen) atoms. The van der Waals surface area contributed by atoms with Gasteiger partial charge in [-0.3, -0.25) is 20.2 Å². The summed E-state index contributed by atoms with van der Waals surface area (Å²) < 4.78 is 0. The molecule has 8 N–H and O–H groups in total. The summed E-state index contributed by atoms with van der Waals surface area (Å²) in [6, 6.07) is -1.83. The molecular weight excluding hydrogens is 244 g/mol. The first-order valence-electron chi connectivity index (χ1n) is 5.02. The van der Waals surface area contributed by atoms with Crippen LogP contribution in [0, 0.1) is 0 Å². The van der Waals surface area contributed by atoms with E-state index in [1.165, 1.54) is 0 Å². The lowest BCUT2D eigenvalue weighted by Crippen LogP contribution is -2.43. The van der Waals surface area contributed by atoms with Gasteiger partial charge in [0.2, 0.25) is 11.8 Å². The molecule has 0 atom stereocenters. The molecule has 0 aromatic rings. The average molecular weight is 260 g/mol. The number of imide groups is 2. The number of rotatable bonds is 7. The van der Waals surface area contributed by atoms with Crippen molar-refractivity contribution >= 4 is 23.9 Å². The fraction of sp³-hybridized carbons (Fsp3) is 0.500. The van der Waals surface area contributed by atoms with Gasteiger partial charge in [-0.1, -0.05) is 0 Å². The molecule has 0 bridgehead atoms. The lowest BCUT2D eigenvalue weighted by molar-refractivity contribution is -0.120. The number of hydrogen-bond donors (Lipinski definition) is 6. The molecule has 0 saturated heterocycles. The van der Waals surface area contributed by atoms with Crippen LogP contribution in [0.25, 0.3) is 0 Å². The summed E-state index contributed by atoms with van der Waals surface area (Å²) in [5.74, 6) is -1.09. The van der Waals surface area contributed by atoms with Gasteiger partial charge in [0.25, 0.3) is 0 Å². The van der Waals surface area contributed by atoms with Crippen molar-refractivity contribution in [3.63, 3.8) is 0 Å². The van der Waals surface area contributed by atoms with E-state index in [2.05, 4.69) is 10.6 Å². The summed E-state index contributed by atoms with van der Waals surface area (Å²) >= 11 is 0. The number of urea groups is 2. The van der Waals surface area contributed by atoms with E-state index < -0.39 is 23.9 Å². The van der Waals surface area contributed by atoms with Crippen molar-refractivity contribution in [1.82, 2.24) is 21.3 Å². The molecule has 0 aromatic heterocycles. The van der Waals surface area contributed by atoms with Gasteiger partial charge in [-0.15, -0.1) is 0 Å². The van der Waals surface area contributed by atoms with Crippen LogP contribution in [-0.4, -0.2) is 50.1 Å². The molecule has 6 amide bonds. The van der Waals surface area contributed by atoms with Gasteiger partial charge in [-0.05, 0) is 0 Å². The Morgan fingerprint density at radius 2 is 1.06 bits per heavy atom. The molecule has 0 rings (SSSR count). The zero-order valence-corrected chi connectivity index (χ0v) is 9.62. The topological polar surface area (TPSA) is 168 Å². The normalized spacial score (nSPS) is 9.56. The van der Waals surface area contributed by atoms with Crippen LogP contribution in [0.3, 0.4) is 0 Å². The maximum absolute atomic E-state index is 10.9. The van der Waals surface area contributed by atoms with Crippen molar-refractivity contribution < 1.29 is 19.2 Å². The van der Waals surface area contributed by atoms with Crippen LogP contribution < -0.4 is 32.7 Å². The second-order valence-electron chi connectivity index (χ2n) is 3.18. The monoisotopic (exact) mass is 260 g/mol. The Labute approximate surface area is 103 Å². The number of primary amides is 2. The fourth-order valence-corrected chi connectivity index (χ4v) is 0.944. The molecule has 0 aromatic carbocycles. The van der Waals surface area contributed by atoms with Gasteiger partial charge in [0.1, 0.15) is 0 Å². The van der Waals surface area contributed by atoms with E-state index in [0.29, 0.717) is 13.1 Å². The number of carbonyl (C=O) groups excluding carboxylic acids is 4. The number of nitrogens with one attached hydrogen (secondary N) is 4. The minimum absolute atomic E-state index is 0.0713. The van der Waals surface area contributed by atoms with E-state index in [1.54, 1.807) is 0 Å². The zero-order chi connectivity index (χ0) is 14.0. The SMILES string of the molecule is NC(=O)NC(=O)CNCCNCC(=O)NC(N)=O. The van der Waals surface area contributed by atoms with E-state index in [-0.39, 0.29) is 13.1 Å². The maximum atomic E-state index is 10.9. The van der Waals surface area contributed by atoms with Gasteiger partial charge in [0, 0.05) is 13.1 Å². The molecule has 0 radical (unpaired) electrons. The quantitative estimate of drug-likeness (QED) is 0.260. The number of carbonyl (C=O) groups is 4. The highest BCUT2D eigenvalue weighted by molar-refractivity contribution is 5.94. The van der Waals surface area contributed by atoms with E-state index in [0.717, 1.165) is 0 Å². The van der Waals surface area contributed by atoms with Gasteiger partial charge >= 0.3 is 12.1 Å². The summed E-state index contributed by atoms with van der Waals surface area (Å²) in [5.41, 5.74) is 9.45. The molecule has 0 aliphatic carbocycles. The minimum atomic E-state index is -0.914. The summed E-state index contributed by atoms with van der Waals surface area (Å²) in [5, 5.41) is 9.15. The first-order chi connectivity index (χ1) is 8.41. The first kappa shape index (κ1) is 15.8. The lowest BCUT2D eigenvalue weighted by Gasteiger charge is -2.05. The lowest BCUT2D eigenvalue weighted by atomic mass is 10.5. The largest absolute Gasteiger partial charge is 0.351 e. The molecule has 0 spiro atoms. The Hall–Kier alpha value is -2.20. The molecule has 0 saturated carbocycles. The van der Waals surface area contributed by atoms with Crippen molar-refractivity contribution in [3.05, 3.63) is 0 Å². The Morgan fingerprint density at radius 1 is 0.722 bits per heavy atom. The summed E-state index contributed by atoms with van der Waals surface area (Å²) in [7, 11) is 0. The first-order valence-corrected chi connectivity index (χ1v) is 5.02. The van der Waals surface area contributed by atoms with Crippen molar-refractivity contribution in [2.24, 2.45) is 11.5 Å². The molecule has 102 valence electrons. The van der Waals surface area contributed by atoms with Gasteiger partial charge in [-0.2, -0.15) is 0 Å². The van der Waals surface area contributed by atoms with Crippen LogP contribution in [0.2, 0.25) is 0 Å². The Morgan fingerprint density at radius 3 is 1.33 bits per heavy atom. The van der Waals surface area contributed by atoms with E-state index in [9.17, 15) is 19.2 Å².